The van der Waals surface area contributed by atoms with Crippen molar-refractivity contribution in [2.75, 3.05) is 31.3 Å². The number of urea groups is 1. The minimum Gasteiger partial charge on any atom is -0.399 e. The minimum atomic E-state index is -0.822. The largest absolute Gasteiger partial charge is 0.399 e. The van der Waals surface area contributed by atoms with Gasteiger partial charge in [0, 0.05) is 11.2 Å². The van der Waals surface area contributed by atoms with Crippen LogP contribution in [0.25, 0.3) is 0 Å². The molecule has 0 radical (unpaired) electrons. The van der Waals surface area contributed by atoms with Gasteiger partial charge in [0.25, 0.3) is 0 Å². The second kappa shape index (κ2) is 6.99. The number of nitrogens with one attached hydrogen (secondary N) is 1. The molecule has 7 heteroatoms. The Labute approximate surface area is 169 Å². The highest BCUT2D eigenvalue weighted by Gasteiger charge is 2.51. The molecule has 0 atom stereocenters. The second-order valence-corrected chi connectivity index (χ2v) is 8.42. The fourth-order valence-electron chi connectivity index (χ4n) is 4.90. The van der Waals surface area contributed by atoms with Crippen LogP contribution in [0, 0.1) is 11.6 Å². The maximum absolute atomic E-state index is 14.4. The number of hydrogen-bond donors (Lipinski definition) is 2. The molecule has 2 aromatic carbocycles. The molecule has 2 aliphatic rings. The SMILES string of the molecule is CN(C)[C@]1(c2ccccc2)CC[C@]2(CC1)CN(c1c(F)cc(N)cc1F)C(=O)N2. The van der Waals surface area contributed by atoms with Crippen LogP contribution in [0.4, 0.5) is 25.0 Å². The average Bonchev–Trinajstić information content (AvgIpc) is 2.98. The van der Waals surface area contributed by atoms with Gasteiger partial charge in [-0.15, -0.1) is 0 Å². The molecule has 1 aliphatic carbocycles. The molecular formula is C22H26F2N4O. The zero-order chi connectivity index (χ0) is 20.8. The van der Waals surface area contributed by atoms with Crippen molar-refractivity contribution >= 4 is 17.4 Å². The van der Waals surface area contributed by atoms with Crippen LogP contribution >= 0.6 is 0 Å². The van der Waals surface area contributed by atoms with Crippen LogP contribution in [0.3, 0.4) is 0 Å². The van der Waals surface area contributed by atoms with E-state index in [9.17, 15) is 13.6 Å². The number of nitrogens with two attached hydrogens (primary N) is 1. The standard InChI is InChI=1S/C22H26F2N4O/c1-27(2)22(15-6-4-3-5-7-15)10-8-21(9-11-22)14-28(20(29)26-21)19-17(23)12-16(25)13-18(19)24/h3-7,12-13H,8-11,14,25H2,1-2H3,(H,26,29)/t21-,22+. The first kappa shape index (κ1) is 19.6. The lowest BCUT2D eigenvalue weighted by atomic mass is 9.69. The van der Waals surface area contributed by atoms with E-state index in [0.717, 1.165) is 37.8 Å². The molecule has 4 rings (SSSR count). The number of halogens is 2. The highest BCUT2D eigenvalue weighted by molar-refractivity contribution is 5.95. The van der Waals surface area contributed by atoms with Gasteiger partial charge in [0.1, 0.15) is 5.69 Å². The Morgan fingerprint density at radius 3 is 2.17 bits per heavy atom. The van der Waals surface area contributed by atoms with Gasteiger partial charge in [-0.05, 0) is 57.5 Å². The number of benzene rings is 2. The summed E-state index contributed by atoms with van der Waals surface area (Å²) in [4.78, 5) is 16.1. The molecule has 0 unspecified atom stereocenters. The van der Waals surface area contributed by atoms with Crippen molar-refractivity contribution in [1.29, 1.82) is 0 Å². The van der Waals surface area contributed by atoms with E-state index in [2.05, 4.69) is 36.4 Å². The molecule has 29 heavy (non-hydrogen) atoms. The van der Waals surface area contributed by atoms with Crippen LogP contribution in [-0.4, -0.2) is 37.1 Å². The van der Waals surface area contributed by atoms with Crippen LogP contribution in [0.2, 0.25) is 0 Å². The van der Waals surface area contributed by atoms with Gasteiger partial charge < -0.3 is 11.1 Å². The van der Waals surface area contributed by atoms with Gasteiger partial charge in [-0.1, -0.05) is 30.3 Å². The molecule has 3 N–H and O–H groups in total. The monoisotopic (exact) mass is 400 g/mol. The summed E-state index contributed by atoms with van der Waals surface area (Å²) in [5.41, 5.74) is 5.80. The van der Waals surface area contributed by atoms with Gasteiger partial charge in [-0.3, -0.25) is 9.80 Å². The Morgan fingerprint density at radius 1 is 1.03 bits per heavy atom. The van der Waals surface area contributed by atoms with Gasteiger partial charge in [-0.25, -0.2) is 13.6 Å². The average molecular weight is 400 g/mol. The summed E-state index contributed by atoms with van der Waals surface area (Å²) >= 11 is 0. The molecule has 0 bridgehead atoms. The van der Waals surface area contributed by atoms with Crippen LogP contribution in [0.15, 0.2) is 42.5 Å². The second-order valence-electron chi connectivity index (χ2n) is 8.42. The van der Waals surface area contributed by atoms with Crippen molar-refractivity contribution in [2.45, 2.75) is 36.8 Å². The van der Waals surface area contributed by atoms with E-state index in [1.165, 1.54) is 10.5 Å². The maximum atomic E-state index is 14.4. The third-order valence-corrected chi connectivity index (χ3v) is 6.59. The van der Waals surface area contributed by atoms with E-state index in [0.29, 0.717) is 0 Å². The Bertz CT molecular complexity index is 901. The fourth-order valence-corrected chi connectivity index (χ4v) is 4.90. The van der Waals surface area contributed by atoms with Gasteiger partial charge >= 0.3 is 6.03 Å². The van der Waals surface area contributed by atoms with Crippen molar-refractivity contribution in [3.63, 3.8) is 0 Å². The zero-order valence-electron chi connectivity index (χ0n) is 16.7. The van der Waals surface area contributed by atoms with Crippen LogP contribution in [-0.2, 0) is 5.54 Å². The number of rotatable bonds is 3. The quantitative estimate of drug-likeness (QED) is 0.770. The van der Waals surface area contributed by atoms with E-state index in [1.54, 1.807) is 0 Å². The van der Waals surface area contributed by atoms with Gasteiger partial charge in [0.2, 0.25) is 0 Å². The highest BCUT2D eigenvalue weighted by Crippen LogP contribution is 2.46. The van der Waals surface area contributed by atoms with Crippen molar-refractivity contribution in [3.8, 4) is 0 Å². The van der Waals surface area contributed by atoms with Crippen molar-refractivity contribution < 1.29 is 13.6 Å². The smallest absolute Gasteiger partial charge is 0.322 e. The van der Waals surface area contributed by atoms with E-state index < -0.39 is 23.2 Å². The number of nitrogen functional groups attached to an aromatic ring is 1. The Hall–Kier alpha value is -2.67. The summed E-state index contributed by atoms with van der Waals surface area (Å²) in [6.07, 6.45) is 3.12. The molecule has 1 heterocycles. The van der Waals surface area contributed by atoms with Crippen molar-refractivity contribution in [2.24, 2.45) is 0 Å². The van der Waals surface area contributed by atoms with Crippen LogP contribution in [0.1, 0.15) is 31.2 Å². The summed E-state index contributed by atoms with van der Waals surface area (Å²) in [5, 5.41) is 3.02. The molecule has 1 saturated heterocycles. The summed E-state index contributed by atoms with van der Waals surface area (Å²) in [7, 11) is 4.15. The highest BCUT2D eigenvalue weighted by atomic mass is 19.1. The predicted octanol–water partition coefficient (Wildman–Crippen LogP) is 3.85. The predicted molar refractivity (Wildman–Crippen MR) is 110 cm³/mol. The third kappa shape index (κ3) is 3.23. The molecule has 2 fully saturated rings. The number of nitrogens with zero attached hydrogens (tertiary/aromatic N) is 2. The van der Waals surface area contributed by atoms with E-state index >= 15 is 0 Å². The van der Waals surface area contributed by atoms with E-state index in [-0.39, 0.29) is 23.5 Å². The van der Waals surface area contributed by atoms with Crippen molar-refractivity contribution in [3.05, 3.63) is 59.7 Å². The summed E-state index contributed by atoms with van der Waals surface area (Å²) in [5.74, 6) is -1.64. The lowest BCUT2D eigenvalue weighted by Gasteiger charge is -2.48. The normalized spacial score (nSPS) is 26.9. The van der Waals surface area contributed by atoms with Crippen molar-refractivity contribution in [1.82, 2.24) is 10.2 Å². The number of amides is 2. The molecule has 1 spiro atoms. The van der Waals surface area contributed by atoms with Crippen LogP contribution < -0.4 is 16.0 Å². The summed E-state index contributed by atoms with van der Waals surface area (Å²) < 4.78 is 28.8. The van der Waals surface area contributed by atoms with Gasteiger partial charge in [0.15, 0.2) is 11.6 Å². The zero-order valence-corrected chi connectivity index (χ0v) is 16.7. The molecule has 1 aliphatic heterocycles. The van der Waals surface area contributed by atoms with Crippen LogP contribution in [0.5, 0.6) is 0 Å². The Balaban J connectivity index is 1.59. The fraction of sp³-hybridized carbons (Fsp3) is 0.409. The number of carbonyl (C=O) groups excluding carboxylic acids is 1. The lowest BCUT2D eigenvalue weighted by Crippen LogP contribution is -2.54. The first-order chi connectivity index (χ1) is 13.8. The van der Waals surface area contributed by atoms with Gasteiger partial charge in [-0.2, -0.15) is 0 Å². The van der Waals surface area contributed by atoms with E-state index in [4.69, 9.17) is 5.73 Å². The Morgan fingerprint density at radius 2 is 1.62 bits per heavy atom. The first-order valence-corrected chi connectivity index (χ1v) is 9.84. The molecule has 2 amide bonds. The molecule has 2 aromatic rings. The molecule has 0 aromatic heterocycles. The molecular weight excluding hydrogens is 374 g/mol. The third-order valence-electron chi connectivity index (χ3n) is 6.59. The molecule has 1 saturated carbocycles. The lowest BCUT2D eigenvalue weighted by molar-refractivity contribution is 0.0657. The topological polar surface area (TPSA) is 61.6 Å². The number of anilines is 2. The molecule has 5 nitrogen and oxygen atoms in total. The minimum absolute atomic E-state index is 0.00522. The first-order valence-electron chi connectivity index (χ1n) is 9.84. The summed E-state index contributed by atoms with van der Waals surface area (Å²) in [6.45, 7) is 0.238. The van der Waals surface area contributed by atoms with E-state index in [1.807, 2.05) is 18.2 Å². The number of carbonyl (C=O) groups is 1. The number of hydrogen-bond acceptors (Lipinski definition) is 3. The van der Waals surface area contributed by atoms with Gasteiger partial charge in [0.05, 0.1) is 12.1 Å². The molecule has 154 valence electrons. The maximum Gasteiger partial charge on any atom is 0.322 e. The summed E-state index contributed by atoms with van der Waals surface area (Å²) in [6, 6.07) is 12.0. The Kier molecular flexibility index (Phi) is 4.73.